The molecule has 0 bridgehead atoms. The molecule has 3 rings (SSSR count). The molecule has 1 aliphatic carbocycles. The number of imidazole rings is 1. The Hall–Kier alpha value is -2.54. The van der Waals surface area contributed by atoms with E-state index in [4.69, 9.17) is 0 Å². The lowest BCUT2D eigenvalue weighted by molar-refractivity contribution is 0.172. The fraction of sp³-hybridized carbons (Fsp3) is 0.444. The van der Waals surface area contributed by atoms with Gasteiger partial charge in [0.25, 0.3) is 0 Å². The molecule has 0 radical (unpaired) electrons. The number of aromatic hydroxyl groups is 1. The van der Waals surface area contributed by atoms with Gasteiger partial charge in [-0.1, -0.05) is 12.1 Å². The highest BCUT2D eigenvalue weighted by atomic mass is 16.3. The summed E-state index contributed by atoms with van der Waals surface area (Å²) < 4.78 is 2.11. The summed E-state index contributed by atoms with van der Waals surface area (Å²) in [4.78, 5) is 16.2. The third-order valence-corrected chi connectivity index (χ3v) is 4.74. The van der Waals surface area contributed by atoms with Crippen molar-refractivity contribution >= 4 is 6.03 Å². The molecule has 4 N–H and O–H groups in total. The van der Waals surface area contributed by atoms with Crippen LogP contribution >= 0.6 is 0 Å². The van der Waals surface area contributed by atoms with Crippen LogP contribution in [0.15, 0.2) is 36.7 Å². The van der Waals surface area contributed by atoms with Crippen LogP contribution in [0.3, 0.4) is 0 Å². The summed E-state index contributed by atoms with van der Waals surface area (Å²) in [5.41, 5.74) is 0.755. The van der Waals surface area contributed by atoms with Gasteiger partial charge >= 0.3 is 6.03 Å². The van der Waals surface area contributed by atoms with Crippen LogP contribution in [0.1, 0.15) is 30.3 Å². The number of hydrogen-bond acceptors (Lipinski definition) is 4. The lowest BCUT2D eigenvalue weighted by Gasteiger charge is -2.18. The summed E-state index contributed by atoms with van der Waals surface area (Å²) in [6, 6.07) is 5.99. The highest BCUT2D eigenvalue weighted by Crippen LogP contribution is 2.46. The molecule has 0 spiro atoms. The Bertz CT molecular complexity index is 722. The Balaban J connectivity index is 1.42. The van der Waals surface area contributed by atoms with Crippen LogP contribution in [0.5, 0.6) is 5.75 Å². The van der Waals surface area contributed by atoms with Crippen molar-refractivity contribution in [3.05, 3.63) is 48.0 Å². The van der Waals surface area contributed by atoms with Gasteiger partial charge in [-0.15, -0.1) is 0 Å². The Labute approximate surface area is 146 Å². The number of amides is 2. The lowest BCUT2D eigenvalue weighted by Crippen LogP contribution is -2.41. The zero-order chi connectivity index (χ0) is 17.9. The molecule has 7 nitrogen and oxygen atoms in total. The SMILES string of the molecule is Cc1nccn1CC1(CNC(=O)NC[C@H](O)c2ccc(O)cc2)CC1. The topological polar surface area (TPSA) is 99.4 Å². The van der Waals surface area contributed by atoms with Crippen LogP contribution in [0.25, 0.3) is 0 Å². The molecule has 2 aromatic rings. The molecule has 1 fully saturated rings. The van der Waals surface area contributed by atoms with E-state index in [2.05, 4.69) is 20.2 Å². The minimum absolute atomic E-state index is 0.109. The first-order chi connectivity index (χ1) is 12.0. The average Bonchev–Trinajstić information content (AvgIpc) is 3.26. The lowest BCUT2D eigenvalue weighted by atomic mass is 10.1. The van der Waals surface area contributed by atoms with Gasteiger partial charge in [-0.05, 0) is 37.5 Å². The van der Waals surface area contributed by atoms with Gasteiger partial charge in [0.15, 0.2) is 0 Å². The number of nitrogens with one attached hydrogen (secondary N) is 2. The molecule has 0 aliphatic heterocycles. The van der Waals surface area contributed by atoms with Gasteiger partial charge < -0.3 is 25.4 Å². The molecule has 1 aromatic carbocycles. The quantitative estimate of drug-likeness (QED) is 0.614. The fourth-order valence-corrected chi connectivity index (χ4v) is 2.83. The van der Waals surface area contributed by atoms with Crippen molar-refractivity contribution in [2.24, 2.45) is 5.41 Å². The number of hydrogen-bond donors (Lipinski definition) is 4. The summed E-state index contributed by atoms with van der Waals surface area (Å²) in [6.07, 6.45) is 5.11. The van der Waals surface area contributed by atoms with Crippen molar-refractivity contribution in [1.82, 2.24) is 20.2 Å². The highest BCUT2D eigenvalue weighted by molar-refractivity contribution is 5.73. The minimum Gasteiger partial charge on any atom is -0.508 e. The number of aryl methyl sites for hydroxylation is 1. The van der Waals surface area contributed by atoms with E-state index in [0.717, 1.165) is 25.2 Å². The van der Waals surface area contributed by atoms with Crippen LogP contribution < -0.4 is 10.6 Å². The second kappa shape index (κ2) is 7.14. The van der Waals surface area contributed by atoms with E-state index in [1.165, 1.54) is 12.1 Å². The second-order valence-electron chi connectivity index (χ2n) is 6.77. The number of aliphatic hydroxyl groups excluding tert-OH is 1. The summed E-state index contributed by atoms with van der Waals surface area (Å²) in [5, 5.41) is 24.9. The van der Waals surface area contributed by atoms with Gasteiger partial charge in [0.2, 0.25) is 0 Å². The number of benzene rings is 1. The van der Waals surface area contributed by atoms with Crippen LogP contribution in [0.4, 0.5) is 4.79 Å². The Morgan fingerprint density at radius 1 is 1.32 bits per heavy atom. The molecule has 0 saturated heterocycles. The number of nitrogens with zero attached hydrogens (tertiary/aromatic N) is 2. The zero-order valence-electron chi connectivity index (χ0n) is 14.3. The number of urea groups is 1. The number of rotatable bonds is 7. The van der Waals surface area contributed by atoms with Crippen LogP contribution in [0, 0.1) is 12.3 Å². The van der Waals surface area contributed by atoms with E-state index in [1.54, 1.807) is 18.3 Å². The van der Waals surface area contributed by atoms with Gasteiger partial charge in [-0.3, -0.25) is 0 Å². The first-order valence-corrected chi connectivity index (χ1v) is 8.44. The molecule has 2 amide bonds. The zero-order valence-corrected chi connectivity index (χ0v) is 14.3. The summed E-state index contributed by atoms with van der Waals surface area (Å²) in [6.45, 7) is 3.55. The van der Waals surface area contributed by atoms with E-state index in [0.29, 0.717) is 12.1 Å². The standard InChI is InChI=1S/C18H24N4O3/c1-13-19-8-9-22(13)12-18(6-7-18)11-21-17(25)20-10-16(24)14-2-4-15(23)5-3-14/h2-5,8-9,16,23-24H,6-7,10-12H2,1H3,(H2,20,21,25)/t16-/m0/s1. The Morgan fingerprint density at radius 3 is 2.64 bits per heavy atom. The highest BCUT2D eigenvalue weighted by Gasteiger charge is 2.43. The van der Waals surface area contributed by atoms with Gasteiger partial charge in [-0.2, -0.15) is 0 Å². The van der Waals surface area contributed by atoms with Crippen molar-refractivity contribution < 1.29 is 15.0 Å². The van der Waals surface area contributed by atoms with Crippen molar-refractivity contribution in [3.63, 3.8) is 0 Å². The maximum atomic E-state index is 12.0. The molecule has 1 aliphatic rings. The van der Waals surface area contributed by atoms with Crippen LogP contribution in [-0.4, -0.2) is 38.9 Å². The second-order valence-corrected chi connectivity index (χ2v) is 6.77. The molecule has 134 valence electrons. The molecular formula is C18H24N4O3. The number of phenols is 1. The predicted molar refractivity (Wildman–Crippen MR) is 93.1 cm³/mol. The molecule has 1 saturated carbocycles. The van der Waals surface area contributed by atoms with Crippen molar-refractivity contribution in [1.29, 1.82) is 0 Å². The monoisotopic (exact) mass is 344 g/mol. The normalized spacial score (nSPS) is 16.2. The third-order valence-electron chi connectivity index (χ3n) is 4.74. The smallest absolute Gasteiger partial charge is 0.314 e. The van der Waals surface area contributed by atoms with Crippen LogP contribution in [-0.2, 0) is 6.54 Å². The first-order valence-electron chi connectivity index (χ1n) is 8.44. The maximum absolute atomic E-state index is 12.0. The van der Waals surface area contributed by atoms with Gasteiger partial charge in [-0.25, -0.2) is 9.78 Å². The summed E-state index contributed by atoms with van der Waals surface area (Å²) in [5.74, 6) is 1.12. The van der Waals surface area contributed by atoms with E-state index in [9.17, 15) is 15.0 Å². The molecule has 7 heteroatoms. The van der Waals surface area contributed by atoms with Crippen molar-refractivity contribution in [2.75, 3.05) is 13.1 Å². The van der Waals surface area contributed by atoms with Crippen molar-refractivity contribution in [2.45, 2.75) is 32.4 Å². The molecule has 0 unspecified atom stereocenters. The third kappa shape index (κ3) is 4.51. The maximum Gasteiger partial charge on any atom is 0.314 e. The van der Waals surface area contributed by atoms with E-state index < -0.39 is 6.10 Å². The Morgan fingerprint density at radius 2 is 2.04 bits per heavy atom. The molecular weight excluding hydrogens is 320 g/mol. The number of aliphatic hydroxyl groups is 1. The number of phenolic OH excluding ortho intramolecular Hbond substituents is 1. The van der Waals surface area contributed by atoms with Gasteiger partial charge in [0, 0.05) is 37.4 Å². The minimum atomic E-state index is -0.810. The number of aromatic nitrogens is 2. The number of carbonyl (C=O) groups excluding carboxylic acids is 1. The molecule has 1 heterocycles. The van der Waals surface area contributed by atoms with Gasteiger partial charge in [0.05, 0.1) is 6.10 Å². The van der Waals surface area contributed by atoms with Crippen LogP contribution in [0.2, 0.25) is 0 Å². The Kier molecular flexibility index (Phi) is 4.94. The summed E-state index contributed by atoms with van der Waals surface area (Å²) in [7, 11) is 0. The van der Waals surface area contributed by atoms with E-state index >= 15 is 0 Å². The van der Waals surface area contributed by atoms with E-state index in [-0.39, 0.29) is 23.7 Å². The van der Waals surface area contributed by atoms with Gasteiger partial charge in [0.1, 0.15) is 11.6 Å². The number of carbonyl (C=O) groups is 1. The average molecular weight is 344 g/mol. The largest absolute Gasteiger partial charge is 0.508 e. The van der Waals surface area contributed by atoms with E-state index in [1.807, 2.05) is 13.1 Å². The first kappa shape index (κ1) is 17.3. The molecule has 1 aromatic heterocycles. The fourth-order valence-electron chi connectivity index (χ4n) is 2.83. The summed E-state index contributed by atoms with van der Waals surface area (Å²) >= 11 is 0. The molecule has 1 atom stereocenters. The predicted octanol–water partition coefficient (Wildman–Crippen LogP) is 1.71. The van der Waals surface area contributed by atoms with Crippen molar-refractivity contribution in [3.8, 4) is 5.75 Å². The molecule has 25 heavy (non-hydrogen) atoms.